The minimum absolute atomic E-state index is 0.199. The zero-order valence-corrected chi connectivity index (χ0v) is 11.4. The van der Waals surface area contributed by atoms with E-state index in [1.165, 1.54) is 19.3 Å². The maximum atomic E-state index is 13.5. The van der Waals surface area contributed by atoms with Gasteiger partial charge in [-0.25, -0.2) is 13.2 Å². The molecule has 0 aliphatic heterocycles. The summed E-state index contributed by atoms with van der Waals surface area (Å²) in [4.78, 5) is 0. The van der Waals surface area contributed by atoms with Gasteiger partial charge in [0.1, 0.15) is 17.5 Å². The second-order valence-electron chi connectivity index (χ2n) is 4.95. The number of hydrogen-bond acceptors (Lipinski definition) is 1. The number of benzene rings is 1. The minimum atomic E-state index is -0.912. The van der Waals surface area contributed by atoms with Crippen LogP contribution in [0.1, 0.15) is 63.5 Å². The highest BCUT2D eigenvalue weighted by molar-refractivity contribution is 5.23. The van der Waals surface area contributed by atoms with Gasteiger partial charge in [-0.3, -0.25) is 0 Å². The van der Waals surface area contributed by atoms with Gasteiger partial charge >= 0.3 is 0 Å². The second kappa shape index (κ2) is 8.20. The molecule has 0 bridgehead atoms. The van der Waals surface area contributed by atoms with E-state index >= 15 is 0 Å². The Hall–Kier alpha value is -1.03. The van der Waals surface area contributed by atoms with E-state index in [1.807, 2.05) is 0 Å². The molecular formula is C15H22F3N. The standard InChI is InChI=1S/C15H22F3N/c1-2-3-4-5-6-7-8-14(19)15-12(17)9-11(16)10-13(15)18/h9-10,14H,2-8,19H2,1H3. The maximum absolute atomic E-state index is 13.5. The molecule has 1 aromatic rings. The van der Waals surface area contributed by atoms with Gasteiger partial charge in [-0.05, 0) is 6.42 Å². The first-order valence-corrected chi connectivity index (χ1v) is 6.96. The number of rotatable bonds is 8. The molecule has 0 aromatic heterocycles. The normalized spacial score (nSPS) is 12.7. The first kappa shape index (κ1) is 16.0. The Kier molecular flexibility index (Phi) is 6.92. The molecule has 2 N–H and O–H groups in total. The molecule has 1 rings (SSSR count). The Morgan fingerprint density at radius 3 is 2.05 bits per heavy atom. The molecule has 0 saturated heterocycles. The summed E-state index contributed by atoms with van der Waals surface area (Å²) in [5.74, 6) is -2.70. The average Bonchev–Trinajstić information content (AvgIpc) is 2.32. The van der Waals surface area contributed by atoms with Crippen LogP contribution in [0.3, 0.4) is 0 Å². The molecule has 1 unspecified atom stereocenters. The quantitative estimate of drug-likeness (QED) is 0.673. The maximum Gasteiger partial charge on any atom is 0.133 e. The van der Waals surface area contributed by atoms with Crippen molar-refractivity contribution in [3.63, 3.8) is 0 Å². The summed E-state index contributed by atoms with van der Waals surface area (Å²) >= 11 is 0. The zero-order chi connectivity index (χ0) is 14.3. The third-order valence-electron chi connectivity index (χ3n) is 3.28. The zero-order valence-electron chi connectivity index (χ0n) is 11.4. The van der Waals surface area contributed by atoms with Crippen LogP contribution in [-0.4, -0.2) is 0 Å². The van der Waals surface area contributed by atoms with Crippen LogP contribution in [0.4, 0.5) is 13.2 Å². The van der Waals surface area contributed by atoms with Crippen LogP contribution in [0.15, 0.2) is 12.1 Å². The lowest BCUT2D eigenvalue weighted by atomic mass is 9.99. The molecule has 0 radical (unpaired) electrons. The van der Waals surface area contributed by atoms with Gasteiger partial charge in [-0.1, -0.05) is 45.4 Å². The van der Waals surface area contributed by atoms with Crippen molar-refractivity contribution in [3.8, 4) is 0 Å². The van der Waals surface area contributed by atoms with Gasteiger partial charge in [0.25, 0.3) is 0 Å². The number of hydrogen-bond donors (Lipinski definition) is 1. The SMILES string of the molecule is CCCCCCCCC(N)c1c(F)cc(F)cc1F. The largest absolute Gasteiger partial charge is 0.324 e. The predicted molar refractivity (Wildman–Crippen MR) is 71.2 cm³/mol. The number of nitrogens with two attached hydrogens (primary N) is 1. The first-order chi connectivity index (χ1) is 9.06. The predicted octanol–water partition coefficient (Wildman–Crippen LogP) is 4.85. The molecular weight excluding hydrogens is 251 g/mol. The molecule has 0 saturated carbocycles. The van der Waals surface area contributed by atoms with Gasteiger partial charge in [-0.2, -0.15) is 0 Å². The van der Waals surface area contributed by atoms with E-state index < -0.39 is 23.5 Å². The molecule has 0 aliphatic carbocycles. The van der Waals surface area contributed by atoms with Crippen LogP contribution >= 0.6 is 0 Å². The van der Waals surface area contributed by atoms with E-state index in [-0.39, 0.29) is 5.56 Å². The van der Waals surface area contributed by atoms with Crippen molar-refractivity contribution in [2.75, 3.05) is 0 Å². The molecule has 1 nitrogen and oxygen atoms in total. The smallest absolute Gasteiger partial charge is 0.133 e. The average molecular weight is 273 g/mol. The molecule has 0 spiro atoms. The van der Waals surface area contributed by atoms with E-state index in [0.29, 0.717) is 18.6 Å². The Labute approximate surface area is 113 Å². The molecule has 1 aromatic carbocycles. The monoisotopic (exact) mass is 273 g/mol. The van der Waals surface area contributed by atoms with Crippen molar-refractivity contribution in [2.24, 2.45) is 5.73 Å². The van der Waals surface area contributed by atoms with E-state index in [0.717, 1.165) is 19.3 Å². The van der Waals surface area contributed by atoms with E-state index in [4.69, 9.17) is 5.73 Å². The third kappa shape index (κ3) is 5.23. The summed E-state index contributed by atoms with van der Waals surface area (Å²) in [5, 5.41) is 0. The van der Waals surface area contributed by atoms with Crippen molar-refractivity contribution in [3.05, 3.63) is 35.1 Å². The fourth-order valence-corrected chi connectivity index (χ4v) is 2.20. The van der Waals surface area contributed by atoms with Gasteiger partial charge < -0.3 is 5.73 Å². The van der Waals surface area contributed by atoms with Gasteiger partial charge in [0.15, 0.2) is 0 Å². The van der Waals surface area contributed by atoms with E-state index in [1.54, 1.807) is 0 Å². The molecule has 19 heavy (non-hydrogen) atoms. The second-order valence-corrected chi connectivity index (χ2v) is 4.95. The Morgan fingerprint density at radius 2 is 1.47 bits per heavy atom. The highest BCUT2D eigenvalue weighted by Crippen LogP contribution is 2.24. The summed E-state index contributed by atoms with van der Waals surface area (Å²) in [6.45, 7) is 2.15. The Balaban J connectivity index is 2.43. The van der Waals surface area contributed by atoms with Gasteiger partial charge in [0.2, 0.25) is 0 Å². The van der Waals surface area contributed by atoms with Gasteiger partial charge in [-0.15, -0.1) is 0 Å². The topological polar surface area (TPSA) is 26.0 Å². The van der Waals surface area contributed by atoms with Gasteiger partial charge in [0, 0.05) is 23.7 Å². The molecule has 0 fully saturated rings. The highest BCUT2D eigenvalue weighted by atomic mass is 19.1. The van der Waals surface area contributed by atoms with Crippen molar-refractivity contribution < 1.29 is 13.2 Å². The Bertz CT molecular complexity index is 370. The van der Waals surface area contributed by atoms with Crippen LogP contribution in [0, 0.1) is 17.5 Å². The van der Waals surface area contributed by atoms with Crippen LogP contribution in [0.5, 0.6) is 0 Å². The van der Waals surface area contributed by atoms with Crippen molar-refractivity contribution in [1.82, 2.24) is 0 Å². The van der Waals surface area contributed by atoms with Crippen molar-refractivity contribution in [2.45, 2.75) is 57.9 Å². The molecule has 1 atom stereocenters. The van der Waals surface area contributed by atoms with E-state index in [2.05, 4.69) is 6.92 Å². The lowest BCUT2D eigenvalue weighted by molar-refractivity contribution is 0.478. The van der Waals surface area contributed by atoms with Crippen LogP contribution in [0.2, 0.25) is 0 Å². The molecule has 108 valence electrons. The summed E-state index contributed by atoms with van der Waals surface area (Å²) in [6, 6.07) is 0.658. The molecule has 4 heteroatoms. The molecule has 0 aliphatic rings. The summed E-state index contributed by atoms with van der Waals surface area (Å²) in [6.07, 6.45) is 7.07. The summed E-state index contributed by atoms with van der Waals surface area (Å²) < 4.78 is 39.7. The fourth-order valence-electron chi connectivity index (χ4n) is 2.20. The number of halogens is 3. The Morgan fingerprint density at radius 1 is 0.947 bits per heavy atom. The van der Waals surface area contributed by atoms with Crippen LogP contribution < -0.4 is 5.73 Å². The molecule has 0 heterocycles. The van der Waals surface area contributed by atoms with Gasteiger partial charge in [0.05, 0.1) is 0 Å². The first-order valence-electron chi connectivity index (χ1n) is 6.96. The van der Waals surface area contributed by atoms with E-state index in [9.17, 15) is 13.2 Å². The van der Waals surface area contributed by atoms with Crippen molar-refractivity contribution >= 4 is 0 Å². The highest BCUT2D eigenvalue weighted by Gasteiger charge is 2.17. The number of unbranched alkanes of at least 4 members (excludes halogenated alkanes) is 5. The van der Waals surface area contributed by atoms with Crippen LogP contribution in [-0.2, 0) is 0 Å². The molecule has 0 amide bonds. The van der Waals surface area contributed by atoms with Crippen LogP contribution in [0.25, 0.3) is 0 Å². The fraction of sp³-hybridized carbons (Fsp3) is 0.600. The van der Waals surface area contributed by atoms with Crippen molar-refractivity contribution in [1.29, 1.82) is 0 Å². The third-order valence-corrected chi connectivity index (χ3v) is 3.28. The lowest BCUT2D eigenvalue weighted by Gasteiger charge is -2.14. The minimum Gasteiger partial charge on any atom is -0.324 e. The summed E-state index contributed by atoms with van der Waals surface area (Å²) in [5.41, 5.74) is 5.59. The lowest BCUT2D eigenvalue weighted by Crippen LogP contribution is -2.14. The summed E-state index contributed by atoms with van der Waals surface area (Å²) in [7, 11) is 0.